The zero-order valence-corrected chi connectivity index (χ0v) is 12.8. The van der Waals surface area contributed by atoms with Gasteiger partial charge in [-0.25, -0.2) is 4.98 Å². The molecule has 18 heavy (non-hydrogen) atoms. The van der Waals surface area contributed by atoms with Crippen LogP contribution in [0.3, 0.4) is 0 Å². The van der Waals surface area contributed by atoms with Crippen molar-refractivity contribution in [1.29, 1.82) is 0 Å². The van der Waals surface area contributed by atoms with E-state index >= 15 is 0 Å². The number of hydrogen-bond donors (Lipinski definition) is 1. The minimum Gasteiger partial charge on any atom is -0.397 e. The number of nitrogen functional groups attached to an aromatic ring is 1. The molecular weight excluding hydrogens is 290 g/mol. The normalized spacial score (nSPS) is 21.1. The quantitative estimate of drug-likeness (QED) is 0.905. The Morgan fingerprint density at radius 2 is 2.17 bits per heavy atom. The summed E-state index contributed by atoms with van der Waals surface area (Å²) in [6.07, 6.45) is 5.59. The van der Waals surface area contributed by atoms with Crippen LogP contribution in [0.4, 0.5) is 11.5 Å². The fourth-order valence-electron chi connectivity index (χ4n) is 2.68. The summed E-state index contributed by atoms with van der Waals surface area (Å²) in [5, 5.41) is 0. The first-order valence-electron chi connectivity index (χ1n) is 6.74. The molecule has 0 saturated carbocycles. The molecule has 0 spiro atoms. The van der Waals surface area contributed by atoms with Gasteiger partial charge in [0, 0.05) is 13.1 Å². The molecule has 2 heterocycles. The van der Waals surface area contributed by atoms with Gasteiger partial charge in [0.2, 0.25) is 0 Å². The highest BCUT2D eigenvalue weighted by molar-refractivity contribution is 9.10. The third-order valence-electron chi connectivity index (χ3n) is 3.86. The largest absolute Gasteiger partial charge is 0.397 e. The van der Waals surface area contributed by atoms with Gasteiger partial charge in [0.05, 0.1) is 16.4 Å². The predicted octanol–water partition coefficient (Wildman–Crippen LogP) is 3.69. The lowest BCUT2D eigenvalue weighted by molar-refractivity contribution is 0.351. The molecule has 1 aliphatic rings. The highest BCUT2D eigenvalue weighted by Gasteiger charge is 2.21. The lowest BCUT2D eigenvalue weighted by Crippen LogP contribution is -2.26. The number of pyridine rings is 1. The fourth-order valence-corrected chi connectivity index (χ4v) is 3.30. The second kappa shape index (κ2) is 5.91. The Labute approximate surface area is 118 Å². The Hall–Kier alpha value is -0.770. The van der Waals surface area contributed by atoms with Crippen LogP contribution in [-0.2, 0) is 0 Å². The molecule has 2 N–H and O–H groups in total. The second-order valence-corrected chi connectivity index (χ2v) is 6.35. The molecule has 4 heteroatoms. The summed E-state index contributed by atoms with van der Waals surface area (Å²) < 4.78 is 1.01. The SMILES string of the molecule is CC(C)C1CCCN(c2ncc(N)cc2Br)CC1. The van der Waals surface area contributed by atoms with E-state index in [4.69, 9.17) is 5.73 Å². The van der Waals surface area contributed by atoms with Crippen molar-refractivity contribution in [3.05, 3.63) is 16.7 Å². The first-order valence-corrected chi connectivity index (χ1v) is 7.53. The first-order chi connectivity index (χ1) is 8.58. The minimum absolute atomic E-state index is 0.709. The second-order valence-electron chi connectivity index (χ2n) is 5.50. The molecule has 1 fully saturated rings. The average molecular weight is 312 g/mol. The van der Waals surface area contributed by atoms with Crippen molar-refractivity contribution in [3.8, 4) is 0 Å². The van der Waals surface area contributed by atoms with Crippen LogP contribution in [0.1, 0.15) is 33.1 Å². The summed E-state index contributed by atoms with van der Waals surface area (Å²) in [7, 11) is 0. The molecule has 3 nitrogen and oxygen atoms in total. The van der Waals surface area contributed by atoms with Crippen LogP contribution >= 0.6 is 15.9 Å². The maximum atomic E-state index is 5.74. The lowest BCUT2D eigenvalue weighted by Gasteiger charge is -2.23. The van der Waals surface area contributed by atoms with Crippen LogP contribution in [0.2, 0.25) is 0 Å². The van der Waals surface area contributed by atoms with E-state index in [-0.39, 0.29) is 0 Å². The minimum atomic E-state index is 0.709. The summed E-state index contributed by atoms with van der Waals surface area (Å²) in [4.78, 5) is 6.85. The maximum Gasteiger partial charge on any atom is 0.143 e. The highest BCUT2D eigenvalue weighted by atomic mass is 79.9. The molecule has 1 aromatic rings. The van der Waals surface area contributed by atoms with Gasteiger partial charge in [-0.15, -0.1) is 0 Å². The highest BCUT2D eigenvalue weighted by Crippen LogP contribution is 2.30. The molecule has 0 aliphatic carbocycles. The summed E-state index contributed by atoms with van der Waals surface area (Å²) >= 11 is 3.57. The van der Waals surface area contributed by atoms with E-state index in [1.807, 2.05) is 6.07 Å². The fraction of sp³-hybridized carbons (Fsp3) is 0.643. The smallest absolute Gasteiger partial charge is 0.143 e. The van der Waals surface area contributed by atoms with Gasteiger partial charge in [-0.2, -0.15) is 0 Å². The lowest BCUT2D eigenvalue weighted by atomic mass is 9.89. The molecule has 1 aliphatic heterocycles. The van der Waals surface area contributed by atoms with Crippen LogP contribution < -0.4 is 10.6 Å². The monoisotopic (exact) mass is 311 g/mol. The molecule has 1 unspecified atom stereocenters. The Kier molecular flexibility index (Phi) is 4.49. The Balaban J connectivity index is 2.10. The van der Waals surface area contributed by atoms with Gasteiger partial charge < -0.3 is 10.6 Å². The van der Waals surface area contributed by atoms with Gasteiger partial charge in [0.1, 0.15) is 5.82 Å². The number of anilines is 2. The zero-order chi connectivity index (χ0) is 13.1. The van der Waals surface area contributed by atoms with E-state index < -0.39 is 0 Å². The van der Waals surface area contributed by atoms with E-state index in [0.717, 1.165) is 35.2 Å². The van der Waals surface area contributed by atoms with Gasteiger partial charge in [-0.1, -0.05) is 13.8 Å². The molecule has 2 rings (SSSR count). The molecule has 1 aromatic heterocycles. The Bertz CT molecular complexity index is 406. The average Bonchev–Trinajstić information content (AvgIpc) is 2.54. The number of rotatable bonds is 2. The molecule has 100 valence electrons. The number of halogens is 1. The van der Waals surface area contributed by atoms with E-state index in [1.165, 1.54) is 19.3 Å². The van der Waals surface area contributed by atoms with Gasteiger partial charge in [0.25, 0.3) is 0 Å². The first kappa shape index (κ1) is 13.7. The van der Waals surface area contributed by atoms with E-state index in [2.05, 4.69) is 39.7 Å². The van der Waals surface area contributed by atoms with Gasteiger partial charge in [-0.05, 0) is 53.1 Å². The molecule has 1 atom stereocenters. The molecule has 0 bridgehead atoms. The van der Waals surface area contributed by atoms with Crippen molar-refractivity contribution >= 4 is 27.4 Å². The van der Waals surface area contributed by atoms with Crippen molar-refractivity contribution in [2.75, 3.05) is 23.7 Å². The van der Waals surface area contributed by atoms with Crippen molar-refractivity contribution in [1.82, 2.24) is 4.98 Å². The molecule has 0 amide bonds. The van der Waals surface area contributed by atoms with E-state index in [0.29, 0.717) is 5.69 Å². The van der Waals surface area contributed by atoms with Gasteiger partial charge in [0.15, 0.2) is 0 Å². The Morgan fingerprint density at radius 1 is 1.39 bits per heavy atom. The standard InChI is InChI=1S/C14H22BrN3/c1-10(2)11-4-3-6-18(7-5-11)14-13(15)8-12(16)9-17-14/h8-11H,3-7,16H2,1-2H3. The summed E-state index contributed by atoms with van der Waals surface area (Å²) in [6, 6.07) is 1.94. The van der Waals surface area contributed by atoms with Gasteiger partial charge in [-0.3, -0.25) is 0 Å². The summed E-state index contributed by atoms with van der Waals surface area (Å²) in [5.41, 5.74) is 6.45. The predicted molar refractivity (Wildman–Crippen MR) is 80.7 cm³/mol. The van der Waals surface area contributed by atoms with Crippen molar-refractivity contribution in [2.24, 2.45) is 11.8 Å². The molecule has 0 aromatic carbocycles. The molecule has 1 saturated heterocycles. The third kappa shape index (κ3) is 3.16. The number of hydrogen-bond acceptors (Lipinski definition) is 3. The number of nitrogens with two attached hydrogens (primary N) is 1. The van der Waals surface area contributed by atoms with Gasteiger partial charge >= 0.3 is 0 Å². The van der Waals surface area contributed by atoms with Crippen LogP contribution in [0.25, 0.3) is 0 Å². The number of nitrogens with zero attached hydrogens (tertiary/aromatic N) is 2. The van der Waals surface area contributed by atoms with E-state index in [9.17, 15) is 0 Å². The van der Waals surface area contributed by atoms with Crippen LogP contribution in [0.15, 0.2) is 16.7 Å². The zero-order valence-electron chi connectivity index (χ0n) is 11.2. The topological polar surface area (TPSA) is 42.2 Å². The van der Waals surface area contributed by atoms with Crippen LogP contribution in [-0.4, -0.2) is 18.1 Å². The molecule has 0 radical (unpaired) electrons. The maximum absolute atomic E-state index is 5.74. The van der Waals surface area contributed by atoms with Crippen molar-refractivity contribution in [2.45, 2.75) is 33.1 Å². The number of aromatic nitrogens is 1. The van der Waals surface area contributed by atoms with Crippen molar-refractivity contribution in [3.63, 3.8) is 0 Å². The summed E-state index contributed by atoms with van der Waals surface area (Å²) in [5.74, 6) is 2.67. The van der Waals surface area contributed by atoms with Crippen LogP contribution in [0, 0.1) is 11.8 Å². The Morgan fingerprint density at radius 3 is 2.83 bits per heavy atom. The summed E-state index contributed by atoms with van der Waals surface area (Å²) in [6.45, 7) is 6.85. The third-order valence-corrected chi connectivity index (χ3v) is 4.44. The van der Waals surface area contributed by atoms with E-state index in [1.54, 1.807) is 6.20 Å². The van der Waals surface area contributed by atoms with Crippen LogP contribution in [0.5, 0.6) is 0 Å². The van der Waals surface area contributed by atoms with Crippen molar-refractivity contribution < 1.29 is 0 Å². The molecular formula is C14H22BrN3.